The van der Waals surface area contributed by atoms with E-state index in [9.17, 15) is 0 Å². The van der Waals surface area contributed by atoms with Gasteiger partial charge in [0.25, 0.3) is 0 Å². The molecule has 0 aliphatic rings. The highest BCUT2D eigenvalue weighted by Crippen LogP contribution is 2.21. The fraction of sp³-hybridized carbons (Fsp3) is 0.125. The molecule has 2 aromatic heterocycles. The maximum Gasteiger partial charge on any atom is 0.135 e. The van der Waals surface area contributed by atoms with E-state index in [1.165, 1.54) is 0 Å². The van der Waals surface area contributed by atoms with E-state index in [4.69, 9.17) is 0 Å². The van der Waals surface area contributed by atoms with E-state index in [2.05, 4.69) is 28.4 Å². The van der Waals surface area contributed by atoms with E-state index >= 15 is 0 Å². The number of hydrogen-bond donors (Lipinski definition) is 1. The second kappa shape index (κ2) is 5.48. The molecule has 2 aromatic rings. The van der Waals surface area contributed by atoms with Crippen LogP contribution in [0, 0.1) is 13.8 Å². The van der Waals surface area contributed by atoms with Gasteiger partial charge in [0, 0.05) is 5.69 Å². The lowest BCUT2D eigenvalue weighted by Crippen LogP contribution is -2.01. The third-order valence-corrected chi connectivity index (χ3v) is 2.82. The van der Waals surface area contributed by atoms with Crippen LogP contribution in [0.2, 0.25) is 0 Å². The number of anilines is 2. The van der Waals surface area contributed by atoms with Crippen molar-refractivity contribution < 1.29 is 0 Å². The summed E-state index contributed by atoms with van der Waals surface area (Å²) in [5.41, 5.74) is 3.81. The molecule has 0 bridgehead atoms. The summed E-state index contributed by atoms with van der Waals surface area (Å²) in [4.78, 5) is 8.96. The van der Waals surface area contributed by atoms with Crippen molar-refractivity contribution in [2.45, 2.75) is 13.8 Å². The third kappa shape index (κ3) is 2.88. The van der Waals surface area contributed by atoms with Gasteiger partial charge in [-0.25, -0.2) is 9.97 Å². The number of pyridine rings is 2. The molecule has 0 atom stereocenters. The van der Waals surface area contributed by atoms with Crippen LogP contribution in [0.25, 0.3) is 12.2 Å². The Hall–Kier alpha value is -2.42. The van der Waals surface area contributed by atoms with E-state index in [0.717, 1.165) is 34.2 Å². The predicted octanol–water partition coefficient (Wildman–Crippen LogP) is 4.12. The molecule has 2 rings (SSSR count). The largest absolute Gasteiger partial charge is 0.325 e. The van der Waals surface area contributed by atoms with Gasteiger partial charge in [-0.3, -0.25) is 0 Å². The van der Waals surface area contributed by atoms with Gasteiger partial charge in [0.15, 0.2) is 0 Å². The summed E-state index contributed by atoms with van der Waals surface area (Å²) in [6.45, 7) is 11.5. The summed E-state index contributed by atoms with van der Waals surface area (Å²) < 4.78 is 0. The van der Waals surface area contributed by atoms with E-state index < -0.39 is 0 Å². The van der Waals surface area contributed by atoms with Crippen LogP contribution >= 0.6 is 0 Å². The van der Waals surface area contributed by atoms with Gasteiger partial charge in [-0.15, -0.1) is 0 Å². The minimum absolute atomic E-state index is 0.789. The molecule has 96 valence electrons. The number of nitrogens with zero attached hydrogens (tertiary/aromatic N) is 2. The molecule has 0 radical (unpaired) electrons. The molecule has 0 spiro atoms. The first-order valence-corrected chi connectivity index (χ1v) is 6.11. The van der Waals surface area contributed by atoms with Gasteiger partial charge in [0.1, 0.15) is 11.6 Å². The molecular weight excluding hydrogens is 234 g/mol. The first kappa shape index (κ1) is 13.0. The molecule has 2 heterocycles. The SMILES string of the molecule is C=Cc1cc(C)c(Nc2cccc(C)n2)nc1C=C. The molecule has 0 aliphatic heterocycles. The molecule has 0 saturated heterocycles. The molecule has 3 nitrogen and oxygen atoms in total. The second-order valence-corrected chi connectivity index (χ2v) is 4.33. The monoisotopic (exact) mass is 251 g/mol. The van der Waals surface area contributed by atoms with Crippen molar-refractivity contribution in [1.82, 2.24) is 9.97 Å². The van der Waals surface area contributed by atoms with Crippen LogP contribution in [0.4, 0.5) is 11.6 Å². The maximum atomic E-state index is 4.55. The molecule has 0 aliphatic carbocycles. The Morgan fingerprint density at radius 1 is 1.11 bits per heavy atom. The fourth-order valence-electron chi connectivity index (χ4n) is 1.84. The van der Waals surface area contributed by atoms with Crippen molar-refractivity contribution in [3.05, 3.63) is 59.9 Å². The Balaban J connectivity index is 2.40. The molecule has 0 aromatic carbocycles. The number of aryl methyl sites for hydroxylation is 2. The zero-order valence-corrected chi connectivity index (χ0v) is 11.3. The van der Waals surface area contributed by atoms with E-state index in [1.807, 2.05) is 38.1 Å². The smallest absolute Gasteiger partial charge is 0.135 e. The van der Waals surface area contributed by atoms with Gasteiger partial charge in [-0.1, -0.05) is 25.3 Å². The number of aromatic nitrogens is 2. The summed E-state index contributed by atoms with van der Waals surface area (Å²) in [6, 6.07) is 7.88. The van der Waals surface area contributed by atoms with Gasteiger partial charge < -0.3 is 5.32 Å². The highest BCUT2D eigenvalue weighted by molar-refractivity contribution is 5.67. The summed E-state index contributed by atoms with van der Waals surface area (Å²) in [5.74, 6) is 1.58. The van der Waals surface area contributed by atoms with Crippen molar-refractivity contribution in [1.29, 1.82) is 0 Å². The quantitative estimate of drug-likeness (QED) is 0.888. The normalized spacial score (nSPS) is 10.0. The molecule has 19 heavy (non-hydrogen) atoms. The van der Waals surface area contributed by atoms with Gasteiger partial charge in [0.05, 0.1) is 5.69 Å². The molecule has 3 heteroatoms. The van der Waals surface area contributed by atoms with Crippen molar-refractivity contribution in [3.8, 4) is 0 Å². The first-order chi connectivity index (χ1) is 9.13. The molecule has 0 fully saturated rings. The average Bonchev–Trinajstić information content (AvgIpc) is 2.40. The van der Waals surface area contributed by atoms with Gasteiger partial charge in [0.2, 0.25) is 0 Å². The maximum absolute atomic E-state index is 4.55. The van der Waals surface area contributed by atoms with E-state index in [1.54, 1.807) is 12.2 Å². The number of nitrogens with one attached hydrogen (secondary N) is 1. The highest BCUT2D eigenvalue weighted by Gasteiger charge is 2.06. The molecule has 0 saturated carbocycles. The van der Waals surface area contributed by atoms with Crippen LogP contribution < -0.4 is 5.32 Å². The number of hydrogen-bond acceptors (Lipinski definition) is 3. The standard InChI is InChI=1S/C16H17N3/c1-5-13-10-11(3)16(18-14(13)6-2)19-15-9-7-8-12(4)17-15/h5-10H,1-2H2,3-4H3,(H,17,18,19). The van der Waals surface area contributed by atoms with Crippen LogP contribution in [0.3, 0.4) is 0 Å². The third-order valence-electron chi connectivity index (χ3n) is 2.82. The molecule has 0 amide bonds. The molecule has 1 N–H and O–H groups in total. The van der Waals surface area contributed by atoms with Crippen LogP contribution in [0.15, 0.2) is 37.4 Å². The second-order valence-electron chi connectivity index (χ2n) is 4.33. The lowest BCUT2D eigenvalue weighted by atomic mass is 10.1. The van der Waals surface area contributed by atoms with Crippen molar-refractivity contribution in [2.24, 2.45) is 0 Å². The van der Waals surface area contributed by atoms with Crippen LogP contribution in [-0.2, 0) is 0 Å². The summed E-state index contributed by atoms with van der Waals surface area (Å²) >= 11 is 0. The van der Waals surface area contributed by atoms with Crippen molar-refractivity contribution >= 4 is 23.8 Å². The summed E-state index contributed by atoms with van der Waals surface area (Å²) in [7, 11) is 0. The van der Waals surface area contributed by atoms with Gasteiger partial charge in [-0.2, -0.15) is 0 Å². The number of rotatable bonds is 4. The zero-order valence-electron chi connectivity index (χ0n) is 11.3. The fourth-order valence-corrected chi connectivity index (χ4v) is 1.84. The molecule has 0 unspecified atom stereocenters. The average molecular weight is 251 g/mol. The van der Waals surface area contributed by atoms with Crippen LogP contribution in [0.1, 0.15) is 22.5 Å². The van der Waals surface area contributed by atoms with Crippen LogP contribution in [-0.4, -0.2) is 9.97 Å². The van der Waals surface area contributed by atoms with E-state index in [0.29, 0.717) is 0 Å². The first-order valence-electron chi connectivity index (χ1n) is 6.11. The Labute approximate surface area is 113 Å². The minimum Gasteiger partial charge on any atom is -0.325 e. The summed E-state index contributed by atoms with van der Waals surface area (Å²) in [5, 5.41) is 3.23. The minimum atomic E-state index is 0.789. The van der Waals surface area contributed by atoms with Crippen LogP contribution in [0.5, 0.6) is 0 Å². The lowest BCUT2D eigenvalue weighted by molar-refractivity contribution is 1.16. The topological polar surface area (TPSA) is 37.8 Å². The van der Waals surface area contributed by atoms with Crippen molar-refractivity contribution in [2.75, 3.05) is 5.32 Å². The van der Waals surface area contributed by atoms with Crippen molar-refractivity contribution in [3.63, 3.8) is 0 Å². The summed E-state index contributed by atoms with van der Waals surface area (Å²) in [6.07, 6.45) is 3.51. The van der Waals surface area contributed by atoms with Gasteiger partial charge in [-0.05, 0) is 49.2 Å². The highest BCUT2D eigenvalue weighted by atomic mass is 15.1. The Kier molecular flexibility index (Phi) is 3.76. The predicted molar refractivity (Wildman–Crippen MR) is 81.4 cm³/mol. The molecular formula is C16H17N3. The Morgan fingerprint density at radius 2 is 1.89 bits per heavy atom. The van der Waals surface area contributed by atoms with Gasteiger partial charge >= 0.3 is 0 Å². The van der Waals surface area contributed by atoms with E-state index in [-0.39, 0.29) is 0 Å². The Bertz CT molecular complexity index is 630. The Morgan fingerprint density at radius 3 is 2.53 bits per heavy atom. The lowest BCUT2D eigenvalue weighted by Gasteiger charge is -2.11. The zero-order chi connectivity index (χ0) is 13.8.